The first kappa shape index (κ1) is 18.8. The highest BCUT2D eigenvalue weighted by Gasteiger charge is 2.39. The summed E-state index contributed by atoms with van der Waals surface area (Å²) in [5, 5.41) is 5.43. The van der Waals surface area contributed by atoms with Crippen LogP contribution in [0.3, 0.4) is 0 Å². The zero-order valence-corrected chi connectivity index (χ0v) is 15.0. The van der Waals surface area contributed by atoms with Crippen LogP contribution in [0, 0.1) is 5.92 Å². The highest BCUT2D eigenvalue weighted by molar-refractivity contribution is 6.06. The molecule has 1 fully saturated rings. The molecule has 0 aliphatic carbocycles. The van der Waals surface area contributed by atoms with Gasteiger partial charge in [-0.2, -0.15) is 0 Å². The van der Waals surface area contributed by atoms with Gasteiger partial charge < -0.3 is 15.4 Å². The van der Waals surface area contributed by atoms with Crippen molar-refractivity contribution in [3.63, 3.8) is 0 Å². The normalized spacial score (nSPS) is 18.3. The second-order valence-electron chi connectivity index (χ2n) is 6.59. The summed E-state index contributed by atoms with van der Waals surface area (Å²) < 4.78 is 5.29. The van der Waals surface area contributed by atoms with Gasteiger partial charge in [-0.15, -0.1) is 0 Å². The van der Waals surface area contributed by atoms with E-state index in [1.807, 2.05) is 45.0 Å². The quantitative estimate of drug-likeness (QED) is 0.737. The minimum absolute atomic E-state index is 0.272. The highest BCUT2D eigenvalue weighted by atomic mass is 16.5. The van der Waals surface area contributed by atoms with Crippen molar-refractivity contribution in [1.29, 1.82) is 0 Å². The van der Waals surface area contributed by atoms with Gasteiger partial charge in [0.2, 0.25) is 5.91 Å². The molecule has 1 aromatic carbocycles. The van der Waals surface area contributed by atoms with Gasteiger partial charge in [0, 0.05) is 5.56 Å². The van der Waals surface area contributed by atoms with Crippen molar-refractivity contribution in [3.05, 3.63) is 29.8 Å². The van der Waals surface area contributed by atoms with Crippen LogP contribution in [0.5, 0.6) is 5.75 Å². The summed E-state index contributed by atoms with van der Waals surface area (Å²) >= 11 is 0. The van der Waals surface area contributed by atoms with Crippen molar-refractivity contribution in [1.82, 2.24) is 15.5 Å². The summed E-state index contributed by atoms with van der Waals surface area (Å²) in [6, 6.07) is 5.99. The maximum absolute atomic E-state index is 12.3. The first-order valence-electron chi connectivity index (χ1n) is 8.37. The van der Waals surface area contributed by atoms with Gasteiger partial charge in [-0.25, -0.2) is 4.79 Å². The summed E-state index contributed by atoms with van der Waals surface area (Å²) in [6.45, 7) is 5.48. The Kier molecular flexibility index (Phi) is 6.01. The number of methoxy groups -OCH3 is 1. The number of amides is 4. The summed E-state index contributed by atoms with van der Waals surface area (Å²) in [7, 11) is 1.56. The molecule has 1 aliphatic heterocycles. The molecule has 136 valence electrons. The number of benzene rings is 1. The zero-order chi connectivity index (χ0) is 18.6. The van der Waals surface area contributed by atoms with Crippen LogP contribution in [0.4, 0.5) is 4.79 Å². The predicted molar refractivity (Wildman–Crippen MR) is 93.0 cm³/mol. The lowest BCUT2D eigenvalue weighted by Crippen LogP contribution is -2.42. The van der Waals surface area contributed by atoms with E-state index in [0.717, 1.165) is 10.5 Å². The number of urea groups is 1. The van der Waals surface area contributed by atoms with Crippen molar-refractivity contribution < 1.29 is 19.1 Å². The Morgan fingerprint density at radius 1 is 1.28 bits per heavy atom. The fourth-order valence-electron chi connectivity index (χ4n) is 2.89. The van der Waals surface area contributed by atoms with Crippen LogP contribution in [0.15, 0.2) is 24.3 Å². The molecule has 0 radical (unpaired) electrons. The van der Waals surface area contributed by atoms with E-state index in [1.54, 1.807) is 7.11 Å². The van der Waals surface area contributed by atoms with Crippen LogP contribution in [-0.4, -0.2) is 42.4 Å². The van der Waals surface area contributed by atoms with Crippen molar-refractivity contribution in [2.24, 2.45) is 5.92 Å². The maximum atomic E-state index is 12.3. The molecule has 1 heterocycles. The molecule has 25 heavy (non-hydrogen) atoms. The van der Waals surface area contributed by atoms with Gasteiger partial charge >= 0.3 is 6.03 Å². The van der Waals surface area contributed by atoms with Gasteiger partial charge in [-0.05, 0) is 25.3 Å². The van der Waals surface area contributed by atoms with Gasteiger partial charge in [-0.3, -0.25) is 14.5 Å². The highest BCUT2D eigenvalue weighted by Crippen LogP contribution is 2.24. The molecule has 4 amide bonds. The minimum Gasteiger partial charge on any atom is -0.496 e. The van der Waals surface area contributed by atoms with Crippen LogP contribution in [0.2, 0.25) is 0 Å². The third-order valence-electron chi connectivity index (χ3n) is 4.10. The number of nitrogens with one attached hydrogen (secondary N) is 2. The van der Waals surface area contributed by atoms with E-state index in [0.29, 0.717) is 12.2 Å². The SMILES string of the molecule is COc1ccccc1C(C)NC(=O)CN1C(=O)NC(CC(C)C)C1=O. The Hall–Kier alpha value is -2.57. The number of hydrogen-bond donors (Lipinski definition) is 2. The van der Waals surface area contributed by atoms with Crippen LogP contribution < -0.4 is 15.4 Å². The molecular formula is C18H25N3O4. The molecule has 2 N–H and O–H groups in total. The molecule has 1 aliphatic rings. The molecule has 0 aromatic heterocycles. The van der Waals surface area contributed by atoms with Crippen LogP contribution in [-0.2, 0) is 9.59 Å². The lowest BCUT2D eigenvalue weighted by atomic mass is 10.0. The molecule has 0 bridgehead atoms. The standard InChI is InChI=1S/C18H25N3O4/c1-11(2)9-14-17(23)21(18(24)20-14)10-16(22)19-12(3)13-7-5-6-8-15(13)25-4/h5-8,11-12,14H,9-10H2,1-4H3,(H,19,22)(H,20,24). The second-order valence-corrected chi connectivity index (χ2v) is 6.59. The molecule has 7 nitrogen and oxygen atoms in total. The smallest absolute Gasteiger partial charge is 0.325 e. The summed E-state index contributed by atoms with van der Waals surface area (Å²) in [5.74, 6) is 0.196. The number of nitrogens with zero attached hydrogens (tertiary/aromatic N) is 1. The van der Waals surface area contributed by atoms with Gasteiger partial charge in [0.15, 0.2) is 0 Å². The summed E-state index contributed by atoms with van der Waals surface area (Å²) in [6.07, 6.45) is 0.556. The molecular weight excluding hydrogens is 322 g/mol. The fourth-order valence-corrected chi connectivity index (χ4v) is 2.89. The van der Waals surface area contributed by atoms with Crippen molar-refractivity contribution in [2.45, 2.75) is 39.3 Å². The van der Waals surface area contributed by atoms with E-state index < -0.39 is 18.0 Å². The van der Waals surface area contributed by atoms with Crippen LogP contribution in [0.1, 0.15) is 38.8 Å². The van der Waals surface area contributed by atoms with E-state index in [9.17, 15) is 14.4 Å². The lowest BCUT2D eigenvalue weighted by Gasteiger charge is -2.19. The molecule has 7 heteroatoms. The number of carbonyl (C=O) groups is 3. The monoisotopic (exact) mass is 347 g/mol. The number of imide groups is 1. The molecule has 2 atom stereocenters. The Balaban J connectivity index is 1.98. The Morgan fingerprint density at radius 2 is 1.96 bits per heavy atom. The first-order valence-corrected chi connectivity index (χ1v) is 8.37. The second kappa shape index (κ2) is 8.00. The summed E-state index contributed by atoms with van der Waals surface area (Å²) in [4.78, 5) is 37.5. The number of hydrogen-bond acceptors (Lipinski definition) is 4. The van der Waals surface area contributed by atoms with E-state index in [-0.39, 0.29) is 24.4 Å². The third-order valence-corrected chi connectivity index (χ3v) is 4.10. The maximum Gasteiger partial charge on any atom is 0.325 e. The number of carbonyl (C=O) groups excluding carboxylic acids is 3. The Morgan fingerprint density at radius 3 is 2.60 bits per heavy atom. The Bertz CT molecular complexity index is 659. The first-order chi connectivity index (χ1) is 11.8. The van der Waals surface area contributed by atoms with Gasteiger partial charge in [-0.1, -0.05) is 32.0 Å². The molecule has 2 unspecified atom stereocenters. The van der Waals surface area contributed by atoms with E-state index in [2.05, 4.69) is 10.6 Å². The lowest BCUT2D eigenvalue weighted by molar-refractivity contribution is -0.132. The van der Waals surface area contributed by atoms with Crippen molar-refractivity contribution in [3.8, 4) is 5.75 Å². The average molecular weight is 347 g/mol. The minimum atomic E-state index is -0.549. The Labute approximate surface area is 147 Å². The number of para-hydroxylation sites is 1. The fraction of sp³-hybridized carbons (Fsp3) is 0.500. The van der Waals surface area contributed by atoms with Crippen LogP contribution >= 0.6 is 0 Å². The topological polar surface area (TPSA) is 87.7 Å². The predicted octanol–water partition coefficient (Wildman–Crippen LogP) is 1.84. The largest absolute Gasteiger partial charge is 0.496 e. The zero-order valence-electron chi connectivity index (χ0n) is 15.0. The van der Waals surface area contributed by atoms with Gasteiger partial charge in [0.05, 0.1) is 13.2 Å². The van der Waals surface area contributed by atoms with Crippen LogP contribution in [0.25, 0.3) is 0 Å². The molecule has 2 rings (SSSR count). The van der Waals surface area contributed by atoms with E-state index in [1.165, 1.54) is 0 Å². The number of ether oxygens (including phenoxy) is 1. The molecule has 0 saturated carbocycles. The van der Waals surface area contributed by atoms with E-state index >= 15 is 0 Å². The van der Waals surface area contributed by atoms with Crippen molar-refractivity contribution >= 4 is 17.8 Å². The van der Waals surface area contributed by atoms with Gasteiger partial charge in [0.25, 0.3) is 5.91 Å². The van der Waals surface area contributed by atoms with E-state index in [4.69, 9.17) is 4.74 Å². The average Bonchev–Trinajstić information content (AvgIpc) is 2.81. The third kappa shape index (κ3) is 4.49. The summed E-state index contributed by atoms with van der Waals surface area (Å²) in [5.41, 5.74) is 0.827. The van der Waals surface area contributed by atoms with Crippen molar-refractivity contribution in [2.75, 3.05) is 13.7 Å². The molecule has 1 aromatic rings. The molecule has 1 saturated heterocycles. The van der Waals surface area contributed by atoms with Gasteiger partial charge in [0.1, 0.15) is 18.3 Å². The number of rotatable bonds is 7. The molecule has 0 spiro atoms.